The lowest BCUT2D eigenvalue weighted by Gasteiger charge is -2.03. The van der Waals surface area contributed by atoms with E-state index in [4.69, 9.17) is 16.7 Å². The molecule has 94 valence electrons. The Hall–Kier alpha value is -1.81. The van der Waals surface area contributed by atoms with Crippen LogP contribution in [0, 0.1) is 6.92 Å². The van der Waals surface area contributed by atoms with Crippen LogP contribution < -0.4 is 0 Å². The van der Waals surface area contributed by atoms with Gasteiger partial charge in [0, 0.05) is 24.2 Å². The molecule has 1 aromatic heterocycles. The van der Waals surface area contributed by atoms with Crippen molar-refractivity contribution in [2.45, 2.75) is 13.3 Å². The number of nitrogens with zero attached hydrogens (tertiary/aromatic N) is 2. The molecule has 0 fully saturated rings. The molecule has 0 saturated carbocycles. The fraction of sp³-hybridized carbons (Fsp3) is 0.231. The Morgan fingerprint density at radius 3 is 2.50 bits per heavy atom. The van der Waals surface area contributed by atoms with E-state index in [-0.39, 0.29) is 5.69 Å². The van der Waals surface area contributed by atoms with Crippen LogP contribution in [-0.4, -0.2) is 20.6 Å². The van der Waals surface area contributed by atoms with Gasteiger partial charge in [-0.1, -0.05) is 23.7 Å². The predicted octanol–water partition coefficient (Wildman–Crippen LogP) is 2.67. The molecule has 2 rings (SSSR count). The first kappa shape index (κ1) is 12.6. The average molecular weight is 265 g/mol. The van der Waals surface area contributed by atoms with E-state index in [0.29, 0.717) is 17.1 Å². The zero-order valence-electron chi connectivity index (χ0n) is 10.1. The van der Waals surface area contributed by atoms with Gasteiger partial charge >= 0.3 is 5.97 Å². The Labute approximate surface area is 110 Å². The fourth-order valence-electron chi connectivity index (χ4n) is 1.78. The molecule has 0 radical (unpaired) electrons. The van der Waals surface area contributed by atoms with Crippen molar-refractivity contribution in [3.8, 4) is 0 Å². The molecule has 0 aliphatic heterocycles. The summed E-state index contributed by atoms with van der Waals surface area (Å²) in [6.07, 6.45) is 0.585. The quantitative estimate of drug-likeness (QED) is 0.927. The van der Waals surface area contributed by atoms with Gasteiger partial charge in [0.2, 0.25) is 0 Å². The zero-order valence-corrected chi connectivity index (χ0v) is 10.9. The smallest absolute Gasteiger partial charge is 0.356 e. The van der Waals surface area contributed by atoms with Crippen molar-refractivity contribution in [3.05, 3.63) is 52.1 Å². The van der Waals surface area contributed by atoms with Crippen LogP contribution in [0.15, 0.2) is 24.3 Å². The van der Waals surface area contributed by atoms with Crippen molar-refractivity contribution in [1.82, 2.24) is 9.55 Å². The topological polar surface area (TPSA) is 55.1 Å². The number of carboxylic acid groups (broad SMARTS) is 1. The molecule has 4 nitrogen and oxygen atoms in total. The number of imidazole rings is 1. The van der Waals surface area contributed by atoms with Gasteiger partial charge in [-0.25, -0.2) is 9.78 Å². The summed E-state index contributed by atoms with van der Waals surface area (Å²) in [5, 5.41) is 9.69. The molecule has 0 atom stereocenters. The van der Waals surface area contributed by atoms with E-state index in [1.165, 1.54) is 0 Å². The Morgan fingerprint density at radius 2 is 2.00 bits per heavy atom. The monoisotopic (exact) mass is 264 g/mol. The second-order valence-electron chi connectivity index (χ2n) is 4.13. The zero-order chi connectivity index (χ0) is 13.3. The minimum atomic E-state index is -0.995. The van der Waals surface area contributed by atoms with Gasteiger partial charge in [0.25, 0.3) is 0 Å². The van der Waals surface area contributed by atoms with Crippen molar-refractivity contribution >= 4 is 17.6 Å². The van der Waals surface area contributed by atoms with Crippen LogP contribution in [0.5, 0.6) is 0 Å². The highest BCUT2D eigenvalue weighted by molar-refractivity contribution is 6.30. The number of hydrogen-bond donors (Lipinski definition) is 1. The fourth-order valence-corrected chi connectivity index (χ4v) is 1.91. The van der Waals surface area contributed by atoms with E-state index >= 15 is 0 Å². The first-order valence-corrected chi connectivity index (χ1v) is 5.86. The Balaban J connectivity index is 2.32. The molecule has 0 amide bonds. The Kier molecular flexibility index (Phi) is 3.39. The third-order valence-electron chi connectivity index (χ3n) is 2.95. The number of benzene rings is 1. The highest BCUT2D eigenvalue weighted by Crippen LogP contribution is 2.15. The molecule has 1 heterocycles. The SMILES string of the molecule is Cc1c(C(=O)O)nc(Cc2ccc(Cl)cc2)n1C. The van der Waals surface area contributed by atoms with E-state index in [0.717, 1.165) is 11.4 Å². The first-order valence-electron chi connectivity index (χ1n) is 5.49. The Bertz CT molecular complexity index is 588. The lowest BCUT2D eigenvalue weighted by Crippen LogP contribution is -2.01. The lowest BCUT2D eigenvalue weighted by atomic mass is 10.1. The summed E-state index contributed by atoms with van der Waals surface area (Å²) in [5.74, 6) is -0.266. The number of carbonyl (C=O) groups is 1. The van der Waals surface area contributed by atoms with Crippen molar-refractivity contribution in [1.29, 1.82) is 0 Å². The molecule has 0 aliphatic carbocycles. The molecule has 0 spiro atoms. The predicted molar refractivity (Wildman–Crippen MR) is 69.2 cm³/mol. The van der Waals surface area contributed by atoms with Crippen LogP contribution in [0.25, 0.3) is 0 Å². The molecule has 0 saturated heterocycles. The number of halogens is 1. The van der Waals surface area contributed by atoms with Gasteiger partial charge in [-0.05, 0) is 24.6 Å². The van der Waals surface area contributed by atoms with E-state index < -0.39 is 5.97 Å². The summed E-state index contributed by atoms with van der Waals surface area (Å²) in [6.45, 7) is 1.75. The third kappa shape index (κ3) is 2.38. The summed E-state index contributed by atoms with van der Waals surface area (Å²) in [4.78, 5) is 15.1. The molecule has 0 unspecified atom stereocenters. The number of aromatic nitrogens is 2. The molecule has 2 aromatic rings. The summed E-state index contributed by atoms with van der Waals surface area (Å²) >= 11 is 5.82. The molecule has 1 N–H and O–H groups in total. The van der Waals surface area contributed by atoms with Crippen LogP contribution in [0.2, 0.25) is 5.02 Å². The van der Waals surface area contributed by atoms with Crippen LogP contribution in [0.3, 0.4) is 0 Å². The number of rotatable bonds is 3. The molecule has 0 aliphatic rings. The van der Waals surface area contributed by atoms with Crippen molar-refractivity contribution in [2.75, 3.05) is 0 Å². The number of hydrogen-bond acceptors (Lipinski definition) is 2. The highest BCUT2D eigenvalue weighted by Gasteiger charge is 2.16. The maximum absolute atomic E-state index is 11.0. The van der Waals surface area contributed by atoms with Gasteiger partial charge in [-0.15, -0.1) is 0 Å². The van der Waals surface area contributed by atoms with Gasteiger partial charge in [0.15, 0.2) is 5.69 Å². The Morgan fingerprint density at radius 1 is 1.39 bits per heavy atom. The van der Waals surface area contributed by atoms with E-state index in [2.05, 4.69) is 4.98 Å². The molecule has 18 heavy (non-hydrogen) atoms. The lowest BCUT2D eigenvalue weighted by molar-refractivity contribution is 0.0690. The normalized spacial score (nSPS) is 10.6. The van der Waals surface area contributed by atoms with E-state index in [1.807, 2.05) is 31.3 Å². The van der Waals surface area contributed by atoms with Gasteiger partial charge in [0.05, 0.1) is 0 Å². The van der Waals surface area contributed by atoms with Gasteiger partial charge in [-0.3, -0.25) is 0 Å². The second kappa shape index (κ2) is 4.82. The number of aromatic carboxylic acids is 1. The van der Waals surface area contributed by atoms with Crippen LogP contribution in [-0.2, 0) is 13.5 Å². The minimum absolute atomic E-state index is 0.112. The summed E-state index contributed by atoms with van der Waals surface area (Å²) in [5.41, 5.74) is 1.82. The first-order chi connectivity index (χ1) is 8.49. The number of carboxylic acids is 1. The van der Waals surface area contributed by atoms with Crippen LogP contribution in [0.4, 0.5) is 0 Å². The third-order valence-corrected chi connectivity index (χ3v) is 3.20. The average Bonchev–Trinajstić information content (AvgIpc) is 2.60. The minimum Gasteiger partial charge on any atom is -0.476 e. The molecule has 0 bridgehead atoms. The largest absolute Gasteiger partial charge is 0.476 e. The van der Waals surface area contributed by atoms with Crippen LogP contribution in [0.1, 0.15) is 27.6 Å². The maximum Gasteiger partial charge on any atom is 0.356 e. The molecular formula is C13H13ClN2O2. The summed E-state index contributed by atoms with van der Waals surface area (Å²) in [6, 6.07) is 7.44. The standard InChI is InChI=1S/C13H13ClN2O2/c1-8-12(13(17)18)15-11(16(8)2)7-9-3-5-10(14)6-4-9/h3-6H,7H2,1-2H3,(H,17,18). The van der Waals surface area contributed by atoms with Crippen molar-refractivity contribution in [2.24, 2.45) is 7.05 Å². The van der Waals surface area contributed by atoms with Gasteiger partial charge in [0.1, 0.15) is 5.82 Å². The summed E-state index contributed by atoms with van der Waals surface area (Å²) < 4.78 is 1.80. The maximum atomic E-state index is 11.0. The molecule has 5 heteroatoms. The van der Waals surface area contributed by atoms with Gasteiger partial charge in [-0.2, -0.15) is 0 Å². The molecule has 1 aromatic carbocycles. The second-order valence-corrected chi connectivity index (χ2v) is 4.57. The summed E-state index contributed by atoms with van der Waals surface area (Å²) in [7, 11) is 1.82. The van der Waals surface area contributed by atoms with Crippen LogP contribution >= 0.6 is 11.6 Å². The van der Waals surface area contributed by atoms with E-state index in [9.17, 15) is 4.79 Å². The van der Waals surface area contributed by atoms with Crippen molar-refractivity contribution < 1.29 is 9.90 Å². The van der Waals surface area contributed by atoms with E-state index in [1.54, 1.807) is 11.5 Å². The highest BCUT2D eigenvalue weighted by atomic mass is 35.5. The molecular weight excluding hydrogens is 252 g/mol. The van der Waals surface area contributed by atoms with Gasteiger partial charge < -0.3 is 9.67 Å². The van der Waals surface area contributed by atoms with Crippen molar-refractivity contribution in [3.63, 3.8) is 0 Å².